The number of anilines is 2. The lowest BCUT2D eigenvalue weighted by atomic mass is 9.89. The van der Waals surface area contributed by atoms with Crippen LogP contribution in [-0.2, 0) is 16.0 Å². The number of hydrogen-bond donors (Lipinski definition) is 0. The molecule has 0 saturated carbocycles. The predicted molar refractivity (Wildman–Crippen MR) is 217 cm³/mol. The maximum absolute atomic E-state index is 13.8. The Morgan fingerprint density at radius 1 is 0.741 bits per heavy atom. The van der Waals surface area contributed by atoms with Crippen LogP contribution in [0.1, 0.15) is 72.8 Å². The summed E-state index contributed by atoms with van der Waals surface area (Å²) < 4.78 is 3.69. The second kappa shape index (κ2) is 15.1. The fourth-order valence-corrected chi connectivity index (χ4v) is 9.95. The van der Waals surface area contributed by atoms with Crippen LogP contribution >= 0.6 is 0 Å². The maximum atomic E-state index is 13.8. The highest BCUT2D eigenvalue weighted by Crippen LogP contribution is 2.38. The third-order valence-electron chi connectivity index (χ3n) is 13.0. The fourth-order valence-electron chi connectivity index (χ4n) is 9.95. The largest absolute Gasteiger partial charge is 0.366 e. The molecule has 10 rings (SSSR count). The first-order valence-corrected chi connectivity index (χ1v) is 20.8. The molecule has 0 radical (unpaired) electrons. The number of rotatable bonds is 11. The van der Waals surface area contributed by atoms with E-state index in [1.165, 1.54) is 0 Å². The maximum Gasteiger partial charge on any atom is 0.226 e. The monoisotopic (exact) mass is 779 g/mol. The molecule has 0 aliphatic carbocycles. The summed E-state index contributed by atoms with van der Waals surface area (Å²) in [6.07, 6.45) is 13.0. The van der Waals surface area contributed by atoms with Crippen molar-refractivity contribution in [2.75, 3.05) is 49.1 Å². The summed E-state index contributed by atoms with van der Waals surface area (Å²) in [5.74, 6) is 1.92. The number of carbonyl (C=O) groups is 2. The lowest BCUT2D eigenvalue weighted by molar-refractivity contribution is -0.133. The number of nitrogens with zero attached hydrogens (tertiary/aromatic N) is 13. The number of amides is 2. The van der Waals surface area contributed by atoms with E-state index in [2.05, 4.69) is 69.1 Å². The molecule has 6 aromatic heterocycles. The lowest BCUT2D eigenvalue weighted by Gasteiger charge is -2.38. The SMILES string of the molecule is Cc1ccc(N2CCN3C(=O)C(CCC(c4nc5c(CCCC6C[C@H]7CN(c8ccc(C)nn8)CCN7C6=O)cccn5n4)c4cccn5ncnc45)C[C@H]3C2)cn1. The highest BCUT2D eigenvalue weighted by Gasteiger charge is 2.44. The van der Waals surface area contributed by atoms with Crippen molar-refractivity contribution in [3.63, 3.8) is 0 Å². The molecule has 3 unspecified atom stereocenters. The van der Waals surface area contributed by atoms with Gasteiger partial charge in [0.05, 0.1) is 29.7 Å². The number of hydrogen-bond acceptors (Lipinski definition) is 11. The molecule has 4 saturated heterocycles. The second-order valence-corrected chi connectivity index (χ2v) is 16.6. The van der Waals surface area contributed by atoms with Crippen LogP contribution in [0.25, 0.3) is 11.3 Å². The molecule has 58 heavy (non-hydrogen) atoms. The Hall–Kier alpha value is -5.99. The molecule has 0 bridgehead atoms. The summed E-state index contributed by atoms with van der Waals surface area (Å²) >= 11 is 0. The molecular formula is C43H49N13O2. The summed E-state index contributed by atoms with van der Waals surface area (Å²) in [5, 5.41) is 18.1. The van der Waals surface area contributed by atoms with Gasteiger partial charge >= 0.3 is 0 Å². The average molecular weight is 780 g/mol. The van der Waals surface area contributed by atoms with Crippen LogP contribution in [-0.4, -0.2) is 117 Å². The zero-order chi connectivity index (χ0) is 39.3. The Labute approximate surface area is 337 Å². The summed E-state index contributed by atoms with van der Waals surface area (Å²) in [6.45, 7) is 8.59. The molecule has 10 heterocycles. The Bertz CT molecular complexity index is 2450. The summed E-state index contributed by atoms with van der Waals surface area (Å²) in [6, 6.07) is 16.8. The van der Waals surface area contributed by atoms with E-state index in [0.29, 0.717) is 6.42 Å². The number of fused-ring (bicyclic) bond motifs is 4. The van der Waals surface area contributed by atoms with Gasteiger partial charge in [-0.1, -0.05) is 12.1 Å². The van der Waals surface area contributed by atoms with Crippen molar-refractivity contribution in [2.24, 2.45) is 11.8 Å². The van der Waals surface area contributed by atoms with E-state index >= 15 is 0 Å². The first-order valence-electron chi connectivity index (χ1n) is 20.8. The van der Waals surface area contributed by atoms with Crippen molar-refractivity contribution in [3.05, 3.63) is 102 Å². The van der Waals surface area contributed by atoms with Crippen LogP contribution in [0.15, 0.2) is 73.4 Å². The van der Waals surface area contributed by atoms with Crippen LogP contribution in [0.4, 0.5) is 11.5 Å². The predicted octanol–water partition coefficient (Wildman–Crippen LogP) is 4.28. The third-order valence-corrected chi connectivity index (χ3v) is 13.0. The first kappa shape index (κ1) is 36.4. The minimum Gasteiger partial charge on any atom is -0.366 e. The Balaban J connectivity index is 0.833. The van der Waals surface area contributed by atoms with Gasteiger partial charge in [0.15, 0.2) is 22.9 Å². The van der Waals surface area contributed by atoms with Crippen LogP contribution < -0.4 is 9.80 Å². The Kier molecular flexibility index (Phi) is 9.45. The number of piperazine rings is 2. The molecule has 6 aromatic rings. The molecule has 15 heteroatoms. The van der Waals surface area contributed by atoms with E-state index in [-0.39, 0.29) is 41.7 Å². The van der Waals surface area contributed by atoms with Crippen LogP contribution in [0, 0.1) is 25.7 Å². The topological polar surface area (TPSA) is 146 Å². The van der Waals surface area contributed by atoms with Crippen LogP contribution in [0.5, 0.6) is 0 Å². The van der Waals surface area contributed by atoms with E-state index < -0.39 is 0 Å². The van der Waals surface area contributed by atoms with Gasteiger partial charge in [0.1, 0.15) is 6.33 Å². The molecular weight excluding hydrogens is 731 g/mol. The minimum atomic E-state index is -0.180. The van der Waals surface area contributed by atoms with Crippen molar-refractivity contribution in [1.29, 1.82) is 0 Å². The van der Waals surface area contributed by atoms with E-state index in [4.69, 9.17) is 10.1 Å². The summed E-state index contributed by atoms with van der Waals surface area (Å²) in [4.78, 5) is 50.5. The number of aromatic nitrogens is 9. The van der Waals surface area contributed by atoms with E-state index in [1.807, 2.05) is 61.2 Å². The van der Waals surface area contributed by atoms with E-state index in [0.717, 1.165) is 129 Å². The fraction of sp³-hybridized carbons (Fsp3) is 0.465. The van der Waals surface area contributed by atoms with Crippen LogP contribution in [0.3, 0.4) is 0 Å². The molecule has 4 aliphatic heterocycles. The van der Waals surface area contributed by atoms with Crippen LogP contribution in [0.2, 0.25) is 0 Å². The molecule has 2 amide bonds. The van der Waals surface area contributed by atoms with E-state index in [1.54, 1.807) is 10.8 Å². The molecule has 0 spiro atoms. The van der Waals surface area contributed by atoms with Crippen molar-refractivity contribution in [3.8, 4) is 0 Å². The van der Waals surface area contributed by atoms with Gasteiger partial charge < -0.3 is 19.6 Å². The van der Waals surface area contributed by atoms with Gasteiger partial charge in [0.25, 0.3) is 0 Å². The van der Waals surface area contributed by atoms with Gasteiger partial charge in [-0.25, -0.2) is 19.0 Å². The van der Waals surface area contributed by atoms with Crippen molar-refractivity contribution in [2.45, 2.75) is 76.8 Å². The standard InChI is InChI=1S/C43H49N13O2/c1-28-10-13-33(24-44-28)51-18-20-53-34(25-51)23-32(43(53)58)12-14-36(37-9-5-16-55-41(37)45-27-46-55)39-47-40-30(8-4-17-56(40)50-39)6-3-7-31-22-35-26-52(19-21-54(35)42(31)57)38-15-11-29(2)48-49-38/h4-5,8-11,13,15-17,24,27,31-32,34-36H,3,6-7,12,14,18-23,25-26H2,1-2H3/t31?,32?,34-,35-,36?/m0/s1. The second-order valence-electron chi connectivity index (χ2n) is 16.6. The molecule has 0 N–H and O–H groups in total. The summed E-state index contributed by atoms with van der Waals surface area (Å²) in [7, 11) is 0. The highest BCUT2D eigenvalue weighted by molar-refractivity contribution is 5.82. The highest BCUT2D eigenvalue weighted by atomic mass is 16.2. The van der Waals surface area contributed by atoms with Gasteiger partial charge in [0, 0.05) is 80.7 Å². The zero-order valence-electron chi connectivity index (χ0n) is 33.1. The Morgan fingerprint density at radius 2 is 1.48 bits per heavy atom. The first-order chi connectivity index (χ1) is 28.4. The normalized spacial score (nSPS) is 22.7. The molecule has 5 atom stereocenters. The summed E-state index contributed by atoms with van der Waals surface area (Å²) in [5.41, 5.74) is 6.74. The lowest BCUT2D eigenvalue weighted by Crippen LogP contribution is -2.51. The van der Waals surface area contributed by atoms with Gasteiger partial charge in [-0.05, 0) is 101 Å². The van der Waals surface area contributed by atoms with Gasteiger partial charge in [0.2, 0.25) is 11.8 Å². The number of aryl methyl sites for hydroxylation is 3. The van der Waals surface area contributed by atoms with Crippen molar-refractivity contribution < 1.29 is 9.59 Å². The van der Waals surface area contributed by atoms with Gasteiger partial charge in [-0.15, -0.1) is 5.10 Å². The van der Waals surface area contributed by atoms with E-state index in [9.17, 15) is 9.59 Å². The van der Waals surface area contributed by atoms with Gasteiger partial charge in [-0.3, -0.25) is 14.6 Å². The van der Waals surface area contributed by atoms with Crippen molar-refractivity contribution in [1.82, 2.24) is 54.2 Å². The zero-order valence-corrected chi connectivity index (χ0v) is 33.1. The number of pyridine rings is 3. The van der Waals surface area contributed by atoms with Gasteiger partial charge in [-0.2, -0.15) is 15.3 Å². The molecule has 15 nitrogen and oxygen atoms in total. The molecule has 0 aromatic carbocycles. The quantitative estimate of drug-likeness (QED) is 0.186. The number of carbonyl (C=O) groups excluding carboxylic acids is 2. The van der Waals surface area contributed by atoms with Crippen molar-refractivity contribution >= 4 is 34.6 Å². The molecule has 298 valence electrons. The molecule has 4 aliphatic rings. The smallest absolute Gasteiger partial charge is 0.226 e. The minimum absolute atomic E-state index is 0.0244. The Morgan fingerprint density at radius 3 is 2.26 bits per heavy atom. The molecule has 4 fully saturated rings. The average Bonchev–Trinajstić information content (AvgIpc) is 4.04. The third kappa shape index (κ3) is 6.79.